The number of rotatable bonds is 7. The zero-order chi connectivity index (χ0) is 18.1. The Bertz CT molecular complexity index is 791. The highest BCUT2D eigenvalue weighted by Gasteiger charge is 2.11. The van der Waals surface area contributed by atoms with Crippen molar-refractivity contribution in [3.63, 3.8) is 0 Å². The van der Waals surface area contributed by atoms with Gasteiger partial charge in [0.15, 0.2) is 11.5 Å². The predicted octanol–water partition coefficient (Wildman–Crippen LogP) is 3.74. The van der Waals surface area contributed by atoms with Crippen LogP contribution in [-0.2, 0) is 16.1 Å². The molecule has 0 N–H and O–H groups in total. The summed E-state index contributed by atoms with van der Waals surface area (Å²) in [4.78, 5) is 11.7. The summed E-state index contributed by atoms with van der Waals surface area (Å²) in [6.07, 6.45) is 1.47. The fourth-order valence-electron chi connectivity index (χ4n) is 2.14. The van der Waals surface area contributed by atoms with E-state index >= 15 is 0 Å². The second-order valence-electron chi connectivity index (χ2n) is 5.07. The van der Waals surface area contributed by atoms with Crippen LogP contribution in [0.25, 0.3) is 6.08 Å². The van der Waals surface area contributed by atoms with Crippen molar-refractivity contribution in [3.05, 3.63) is 65.2 Å². The third kappa shape index (κ3) is 5.11. The van der Waals surface area contributed by atoms with Gasteiger partial charge in [-0.1, -0.05) is 36.4 Å². The molecule has 2 aromatic rings. The lowest BCUT2D eigenvalue weighted by molar-refractivity contribution is -0.137. The molecule has 0 aliphatic rings. The zero-order valence-electron chi connectivity index (χ0n) is 14.2. The first-order chi connectivity index (χ1) is 12.2. The molecular formula is C20H19NO4. The molecular weight excluding hydrogens is 318 g/mol. The average Bonchev–Trinajstić information content (AvgIpc) is 2.65. The van der Waals surface area contributed by atoms with Gasteiger partial charge in [-0.25, -0.2) is 4.79 Å². The van der Waals surface area contributed by atoms with Gasteiger partial charge in [0.25, 0.3) is 0 Å². The van der Waals surface area contributed by atoms with E-state index in [0.717, 1.165) is 5.56 Å². The van der Waals surface area contributed by atoms with Crippen molar-refractivity contribution in [2.24, 2.45) is 0 Å². The highest BCUT2D eigenvalue weighted by Crippen LogP contribution is 2.29. The van der Waals surface area contributed by atoms with Crippen LogP contribution in [0.4, 0.5) is 0 Å². The van der Waals surface area contributed by atoms with E-state index in [1.807, 2.05) is 36.4 Å². The van der Waals surface area contributed by atoms with E-state index in [4.69, 9.17) is 19.5 Å². The van der Waals surface area contributed by atoms with Gasteiger partial charge in [-0.2, -0.15) is 5.26 Å². The van der Waals surface area contributed by atoms with Crippen LogP contribution in [0.3, 0.4) is 0 Å². The Morgan fingerprint density at radius 1 is 1.16 bits per heavy atom. The monoisotopic (exact) mass is 337 g/mol. The number of methoxy groups -OCH3 is 1. The van der Waals surface area contributed by atoms with Crippen LogP contribution in [0.2, 0.25) is 0 Å². The van der Waals surface area contributed by atoms with Crippen molar-refractivity contribution in [2.75, 3.05) is 13.7 Å². The molecule has 0 aliphatic heterocycles. The van der Waals surface area contributed by atoms with Crippen LogP contribution in [0, 0.1) is 11.3 Å². The van der Waals surface area contributed by atoms with Crippen LogP contribution in [0.15, 0.2) is 54.1 Å². The van der Waals surface area contributed by atoms with Crippen LogP contribution in [0.1, 0.15) is 18.1 Å². The Hall–Kier alpha value is -3.26. The number of benzene rings is 2. The van der Waals surface area contributed by atoms with Crippen LogP contribution in [0.5, 0.6) is 11.5 Å². The van der Waals surface area contributed by atoms with Gasteiger partial charge in [-0.15, -0.1) is 0 Å². The Balaban J connectivity index is 2.24. The Morgan fingerprint density at radius 2 is 1.92 bits per heavy atom. The molecule has 0 saturated heterocycles. The predicted molar refractivity (Wildman–Crippen MR) is 94.0 cm³/mol. The summed E-state index contributed by atoms with van der Waals surface area (Å²) in [6.45, 7) is 2.29. The van der Waals surface area contributed by atoms with E-state index in [1.54, 1.807) is 32.2 Å². The van der Waals surface area contributed by atoms with Crippen molar-refractivity contribution in [3.8, 4) is 17.6 Å². The topological polar surface area (TPSA) is 68.6 Å². The molecule has 25 heavy (non-hydrogen) atoms. The first kappa shape index (κ1) is 18.1. The van der Waals surface area contributed by atoms with Crippen LogP contribution in [-0.4, -0.2) is 19.7 Å². The molecule has 5 heteroatoms. The second kappa shape index (κ2) is 9.14. The minimum atomic E-state index is -0.646. The molecule has 0 atom stereocenters. The number of carbonyl (C=O) groups excluding carboxylic acids is 1. The van der Waals surface area contributed by atoms with Crippen LogP contribution >= 0.6 is 0 Å². The molecule has 2 aromatic carbocycles. The highest BCUT2D eigenvalue weighted by molar-refractivity contribution is 5.97. The van der Waals surface area contributed by atoms with Gasteiger partial charge >= 0.3 is 5.97 Å². The maximum atomic E-state index is 11.7. The summed E-state index contributed by atoms with van der Waals surface area (Å²) in [5.74, 6) is 0.455. The van der Waals surface area contributed by atoms with E-state index in [2.05, 4.69) is 0 Å². The smallest absolute Gasteiger partial charge is 0.348 e. The Kier molecular flexibility index (Phi) is 6.61. The zero-order valence-corrected chi connectivity index (χ0v) is 14.2. The molecule has 0 amide bonds. The summed E-state index contributed by atoms with van der Waals surface area (Å²) in [5.41, 5.74) is 1.60. The number of esters is 1. The van der Waals surface area contributed by atoms with Gasteiger partial charge in [0.05, 0.1) is 13.7 Å². The van der Waals surface area contributed by atoms with E-state index in [9.17, 15) is 4.79 Å². The quantitative estimate of drug-likeness (QED) is 0.437. The summed E-state index contributed by atoms with van der Waals surface area (Å²) < 4.78 is 16.0. The SMILES string of the molecule is CCOC(=O)C(C#N)=Cc1ccc(OC)c(OCc2ccccc2)c1. The number of nitriles is 1. The molecule has 0 radical (unpaired) electrons. The third-order valence-electron chi connectivity index (χ3n) is 3.35. The lowest BCUT2D eigenvalue weighted by Gasteiger charge is -2.11. The fourth-order valence-corrected chi connectivity index (χ4v) is 2.14. The first-order valence-electron chi connectivity index (χ1n) is 7.81. The van der Waals surface area contributed by atoms with Gasteiger partial charge in [0.2, 0.25) is 0 Å². The van der Waals surface area contributed by atoms with E-state index in [1.165, 1.54) is 6.08 Å². The molecule has 0 fully saturated rings. The summed E-state index contributed by atoms with van der Waals surface area (Å²) >= 11 is 0. The number of hydrogen-bond acceptors (Lipinski definition) is 5. The number of hydrogen-bond donors (Lipinski definition) is 0. The lowest BCUT2D eigenvalue weighted by Crippen LogP contribution is -2.06. The van der Waals surface area contributed by atoms with Gasteiger partial charge in [0, 0.05) is 0 Å². The van der Waals surface area contributed by atoms with Gasteiger partial charge in [-0.3, -0.25) is 0 Å². The molecule has 0 aliphatic carbocycles. The van der Waals surface area contributed by atoms with Crippen molar-refractivity contribution >= 4 is 12.0 Å². The summed E-state index contributed by atoms with van der Waals surface area (Å²) in [5, 5.41) is 9.13. The Morgan fingerprint density at radius 3 is 2.56 bits per heavy atom. The third-order valence-corrected chi connectivity index (χ3v) is 3.35. The molecule has 0 heterocycles. The standard InChI is InChI=1S/C20H19NO4/c1-3-24-20(22)17(13-21)11-16-9-10-18(23-2)19(12-16)25-14-15-7-5-4-6-8-15/h4-12H,3,14H2,1-2H3. The molecule has 0 bridgehead atoms. The maximum Gasteiger partial charge on any atom is 0.348 e. The fraction of sp³-hybridized carbons (Fsp3) is 0.200. The molecule has 2 rings (SSSR count). The van der Waals surface area contributed by atoms with E-state index < -0.39 is 5.97 Å². The number of nitrogens with zero attached hydrogens (tertiary/aromatic N) is 1. The van der Waals surface area contributed by atoms with E-state index in [-0.39, 0.29) is 12.2 Å². The summed E-state index contributed by atoms with van der Waals surface area (Å²) in [7, 11) is 1.56. The van der Waals surface area contributed by atoms with Crippen molar-refractivity contribution < 1.29 is 19.0 Å². The largest absolute Gasteiger partial charge is 0.493 e. The normalized spacial score (nSPS) is 10.7. The average molecular weight is 337 g/mol. The van der Waals surface area contributed by atoms with Gasteiger partial charge in [-0.05, 0) is 36.3 Å². The van der Waals surface area contributed by atoms with Crippen molar-refractivity contribution in [1.29, 1.82) is 5.26 Å². The number of ether oxygens (including phenoxy) is 3. The second-order valence-corrected chi connectivity index (χ2v) is 5.07. The summed E-state index contributed by atoms with van der Waals surface area (Å²) in [6, 6.07) is 16.8. The Labute approximate surface area is 147 Å². The lowest BCUT2D eigenvalue weighted by atomic mass is 10.1. The molecule has 0 aromatic heterocycles. The van der Waals surface area contributed by atoms with Gasteiger partial charge in [0.1, 0.15) is 18.2 Å². The van der Waals surface area contributed by atoms with Gasteiger partial charge < -0.3 is 14.2 Å². The minimum absolute atomic E-state index is 0.0685. The van der Waals surface area contributed by atoms with Crippen LogP contribution < -0.4 is 9.47 Å². The van der Waals surface area contributed by atoms with Crippen molar-refractivity contribution in [2.45, 2.75) is 13.5 Å². The van der Waals surface area contributed by atoms with E-state index in [0.29, 0.717) is 23.7 Å². The highest BCUT2D eigenvalue weighted by atomic mass is 16.5. The van der Waals surface area contributed by atoms with Crippen molar-refractivity contribution in [1.82, 2.24) is 0 Å². The molecule has 0 unspecified atom stereocenters. The molecule has 0 saturated carbocycles. The molecule has 128 valence electrons. The molecule has 0 spiro atoms. The first-order valence-corrected chi connectivity index (χ1v) is 7.81. The number of carbonyl (C=O) groups is 1. The maximum absolute atomic E-state index is 11.7. The molecule has 5 nitrogen and oxygen atoms in total. The minimum Gasteiger partial charge on any atom is -0.493 e.